The molecule has 66 valence electrons. The van der Waals surface area contributed by atoms with E-state index < -0.39 is 5.60 Å². The highest BCUT2D eigenvalue weighted by Gasteiger charge is 2.25. The summed E-state index contributed by atoms with van der Waals surface area (Å²) in [6.45, 7) is 3.60. The van der Waals surface area contributed by atoms with Gasteiger partial charge < -0.3 is 9.90 Å². The summed E-state index contributed by atoms with van der Waals surface area (Å²) in [4.78, 5) is 11.2. The predicted molar refractivity (Wildman–Crippen MR) is 49.3 cm³/mol. The zero-order valence-electron chi connectivity index (χ0n) is 7.20. The Balaban J connectivity index is 2.96. The number of rotatable bonds is 3. The highest BCUT2D eigenvalue weighted by molar-refractivity contribution is 7.10. The van der Waals surface area contributed by atoms with Gasteiger partial charge in [-0.15, -0.1) is 11.3 Å². The van der Waals surface area contributed by atoms with Gasteiger partial charge in [-0.05, 0) is 30.9 Å². The fourth-order valence-corrected chi connectivity index (χ4v) is 2.18. The number of aryl methyl sites for hydroxylation is 1. The second-order valence-corrected chi connectivity index (χ2v) is 3.99. The lowest BCUT2D eigenvalue weighted by molar-refractivity contribution is -0.111. The molecule has 1 unspecified atom stereocenters. The molecular weight excluding hydrogens is 172 g/mol. The van der Waals surface area contributed by atoms with Crippen LogP contribution in [-0.4, -0.2) is 11.4 Å². The summed E-state index contributed by atoms with van der Waals surface area (Å²) in [5.74, 6) is 0. The van der Waals surface area contributed by atoms with Gasteiger partial charge in [-0.25, -0.2) is 0 Å². The molecule has 12 heavy (non-hydrogen) atoms. The van der Waals surface area contributed by atoms with Gasteiger partial charge in [0, 0.05) is 11.3 Å². The lowest BCUT2D eigenvalue weighted by Crippen LogP contribution is -2.20. The summed E-state index contributed by atoms with van der Waals surface area (Å²) >= 11 is 1.49. The number of thiophene rings is 1. The maximum atomic E-state index is 10.3. The van der Waals surface area contributed by atoms with Crippen molar-refractivity contribution in [3.8, 4) is 0 Å². The van der Waals surface area contributed by atoms with Crippen LogP contribution in [0.5, 0.6) is 0 Å². The molecule has 1 aromatic heterocycles. The van der Waals surface area contributed by atoms with Crippen molar-refractivity contribution in [3.05, 3.63) is 21.9 Å². The SMILES string of the molecule is Cc1ccsc1C(C)(O)CC=O. The van der Waals surface area contributed by atoms with Crippen molar-refractivity contribution in [2.75, 3.05) is 0 Å². The van der Waals surface area contributed by atoms with E-state index >= 15 is 0 Å². The Morgan fingerprint density at radius 1 is 1.75 bits per heavy atom. The third-order valence-corrected chi connectivity index (χ3v) is 3.10. The molecule has 0 bridgehead atoms. The van der Waals surface area contributed by atoms with Crippen LogP contribution in [0.4, 0.5) is 0 Å². The van der Waals surface area contributed by atoms with E-state index in [1.54, 1.807) is 6.92 Å². The van der Waals surface area contributed by atoms with Crippen LogP contribution in [0.15, 0.2) is 11.4 Å². The van der Waals surface area contributed by atoms with Gasteiger partial charge in [0.05, 0.1) is 0 Å². The highest BCUT2D eigenvalue weighted by atomic mass is 32.1. The molecular formula is C9H12O2S. The minimum Gasteiger partial charge on any atom is -0.384 e. The van der Waals surface area contributed by atoms with E-state index in [4.69, 9.17) is 0 Å². The molecule has 1 N–H and O–H groups in total. The maximum Gasteiger partial charge on any atom is 0.123 e. The molecule has 0 amide bonds. The average Bonchev–Trinajstić information content (AvgIpc) is 2.35. The molecule has 1 heterocycles. The summed E-state index contributed by atoms with van der Waals surface area (Å²) in [5.41, 5.74) is 0.0619. The van der Waals surface area contributed by atoms with Gasteiger partial charge in [0.2, 0.25) is 0 Å². The minimum absolute atomic E-state index is 0.161. The van der Waals surface area contributed by atoms with Crippen LogP contribution in [-0.2, 0) is 10.4 Å². The largest absolute Gasteiger partial charge is 0.384 e. The second kappa shape index (κ2) is 3.37. The van der Waals surface area contributed by atoms with E-state index in [0.29, 0.717) is 0 Å². The topological polar surface area (TPSA) is 37.3 Å². The van der Waals surface area contributed by atoms with Gasteiger partial charge in [-0.3, -0.25) is 0 Å². The van der Waals surface area contributed by atoms with E-state index in [1.807, 2.05) is 18.4 Å². The zero-order chi connectivity index (χ0) is 9.19. The molecule has 0 fully saturated rings. The molecule has 0 aliphatic heterocycles. The van der Waals surface area contributed by atoms with Gasteiger partial charge in [0.1, 0.15) is 11.9 Å². The predicted octanol–water partition coefficient (Wildman–Crippen LogP) is 1.85. The number of aldehydes is 1. The fourth-order valence-electron chi connectivity index (χ4n) is 1.18. The Bertz CT molecular complexity index is 276. The molecule has 0 saturated carbocycles. The average molecular weight is 184 g/mol. The van der Waals surface area contributed by atoms with Gasteiger partial charge in [-0.2, -0.15) is 0 Å². The number of hydrogen-bond acceptors (Lipinski definition) is 3. The van der Waals surface area contributed by atoms with E-state index in [0.717, 1.165) is 16.7 Å². The normalized spacial score (nSPS) is 15.6. The van der Waals surface area contributed by atoms with Crippen molar-refractivity contribution in [1.82, 2.24) is 0 Å². The molecule has 0 aliphatic carbocycles. The highest BCUT2D eigenvalue weighted by Crippen LogP contribution is 2.30. The number of carbonyl (C=O) groups is 1. The maximum absolute atomic E-state index is 10.3. The van der Waals surface area contributed by atoms with Crippen LogP contribution >= 0.6 is 11.3 Å². The Hall–Kier alpha value is -0.670. The molecule has 1 rings (SSSR count). The summed E-state index contributed by atoms with van der Waals surface area (Å²) in [6, 6.07) is 1.94. The van der Waals surface area contributed by atoms with Gasteiger partial charge in [0.15, 0.2) is 0 Å². The summed E-state index contributed by atoms with van der Waals surface area (Å²) in [6.07, 6.45) is 0.910. The molecule has 3 heteroatoms. The third-order valence-electron chi connectivity index (χ3n) is 1.83. The lowest BCUT2D eigenvalue weighted by Gasteiger charge is -2.19. The van der Waals surface area contributed by atoms with Crippen molar-refractivity contribution < 1.29 is 9.90 Å². The molecule has 0 aliphatic rings. The van der Waals surface area contributed by atoms with Crippen LogP contribution in [0.3, 0.4) is 0 Å². The molecule has 1 atom stereocenters. The van der Waals surface area contributed by atoms with Crippen molar-refractivity contribution in [3.63, 3.8) is 0 Å². The monoisotopic (exact) mass is 184 g/mol. The van der Waals surface area contributed by atoms with Gasteiger partial charge >= 0.3 is 0 Å². The first-order valence-corrected chi connectivity index (χ1v) is 4.66. The summed E-state index contributed by atoms with van der Waals surface area (Å²) < 4.78 is 0. The molecule has 2 nitrogen and oxygen atoms in total. The first kappa shape index (κ1) is 9.42. The Kier molecular flexibility index (Phi) is 2.65. The standard InChI is InChI=1S/C9H12O2S/c1-7-3-6-12-8(7)9(2,11)4-5-10/h3,5-6,11H,4H2,1-2H3. The van der Waals surface area contributed by atoms with Crippen LogP contribution in [0.2, 0.25) is 0 Å². The summed E-state index contributed by atoms with van der Waals surface area (Å²) in [7, 11) is 0. The molecule has 0 saturated heterocycles. The van der Waals surface area contributed by atoms with E-state index in [-0.39, 0.29) is 6.42 Å². The fraction of sp³-hybridized carbons (Fsp3) is 0.444. The van der Waals surface area contributed by atoms with Crippen molar-refractivity contribution in [2.45, 2.75) is 25.9 Å². The first-order chi connectivity index (χ1) is 5.58. The number of aliphatic hydroxyl groups is 1. The van der Waals surface area contributed by atoms with Crippen molar-refractivity contribution in [1.29, 1.82) is 0 Å². The first-order valence-electron chi connectivity index (χ1n) is 3.78. The van der Waals surface area contributed by atoms with Crippen LogP contribution in [0.25, 0.3) is 0 Å². The third kappa shape index (κ3) is 1.73. The van der Waals surface area contributed by atoms with E-state index in [9.17, 15) is 9.90 Å². The number of hydrogen-bond donors (Lipinski definition) is 1. The quantitative estimate of drug-likeness (QED) is 0.728. The smallest absolute Gasteiger partial charge is 0.123 e. The van der Waals surface area contributed by atoms with Crippen molar-refractivity contribution in [2.24, 2.45) is 0 Å². The van der Waals surface area contributed by atoms with E-state index in [2.05, 4.69) is 0 Å². The number of carbonyl (C=O) groups excluding carboxylic acids is 1. The molecule has 1 aromatic rings. The van der Waals surface area contributed by atoms with Crippen molar-refractivity contribution >= 4 is 17.6 Å². The molecule has 0 spiro atoms. The zero-order valence-corrected chi connectivity index (χ0v) is 8.02. The van der Waals surface area contributed by atoms with Crippen LogP contribution in [0.1, 0.15) is 23.8 Å². The molecule has 0 radical (unpaired) electrons. The Morgan fingerprint density at radius 2 is 2.42 bits per heavy atom. The van der Waals surface area contributed by atoms with Crippen LogP contribution in [0, 0.1) is 6.92 Å². The second-order valence-electron chi connectivity index (χ2n) is 3.08. The molecule has 0 aromatic carbocycles. The Labute approximate surface area is 75.9 Å². The lowest BCUT2D eigenvalue weighted by atomic mass is 9.99. The van der Waals surface area contributed by atoms with Crippen LogP contribution < -0.4 is 0 Å². The Morgan fingerprint density at radius 3 is 2.83 bits per heavy atom. The van der Waals surface area contributed by atoms with E-state index in [1.165, 1.54) is 11.3 Å². The minimum atomic E-state index is -0.986. The van der Waals surface area contributed by atoms with Gasteiger partial charge in [-0.1, -0.05) is 0 Å². The summed E-state index contributed by atoms with van der Waals surface area (Å²) in [5, 5.41) is 11.8. The van der Waals surface area contributed by atoms with Gasteiger partial charge in [0.25, 0.3) is 0 Å².